The number of urea groups is 1. The van der Waals surface area contributed by atoms with E-state index in [1.54, 1.807) is 7.11 Å². The van der Waals surface area contributed by atoms with Gasteiger partial charge in [0.05, 0.1) is 7.11 Å². The van der Waals surface area contributed by atoms with E-state index in [9.17, 15) is 9.59 Å². The average molecular weight is 410 g/mol. The van der Waals surface area contributed by atoms with Crippen LogP contribution in [0.3, 0.4) is 0 Å². The molecule has 1 saturated heterocycles. The van der Waals surface area contributed by atoms with Crippen LogP contribution in [-0.4, -0.2) is 43.1 Å². The second-order valence-corrected chi connectivity index (χ2v) is 8.01. The summed E-state index contributed by atoms with van der Waals surface area (Å²) in [5.74, 6) is 0.875. The lowest BCUT2D eigenvalue weighted by Crippen LogP contribution is -2.47. The maximum Gasteiger partial charge on any atom is 0.317 e. The van der Waals surface area contributed by atoms with Gasteiger partial charge in [0.15, 0.2) is 0 Å². The van der Waals surface area contributed by atoms with Crippen molar-refractivity contribution in [3.05, 3.63) is 65.2 Å². The summed E-state index contributed by atoms with van der Waals surface area (Å²) in [7, 11) is 1.62. The highest BCUT2D eigenvalue weighted by atomic mass is 16.5. The standard InChI is InChI=1S/C24H31N3O3/c1-17(2)26-24(29)27-13-7-11-21(16-27)18-9-6-10-19(14-18)23(28)25-15-20-8-4-5-12-22(20)30-3/h4-6,8-10,12,14,17,21H,7,11,13,15-16H2,1-3H3,(H,25,28)(H,26,29). The number of ether oxygens (including phenoxy) is 1. The lowest BCUT2D eigenvalue weighted by atomic mass is 9.89. The van der Waals surface area contributed by atoms with Crippen LogP contribution < -0.4 is 15.4 Å². The zero-order valence-electron chi connectivity index (χ0n) is 18.0. The van der Waals surface area contributed by atoms with E-state index in [0.717, 1.165) is 36.3 Å². The summed E-state index contributed by atoms with van der Waals surface area (Å²) in [4.78, 5) is 27.0. The Labute approximate surface area is 178 Å². The van der Waals surface area contributed by atoms with Crippen LogP contribution in [0.4, 0.5) is 4.79 Å². The summed E-state index contributed by atoms with van der Waals surface area (Å²) >= 11 is 0. The molecule has 1 atom stereocenters. The monoisotopic (exact) mass is 409 g/mol. The van der Waals surface area contributed by atoms with Crippen molar-refractivity contribution in [3.63, 3.8) is 0 Å². The molecule has 3 rings (SSSR count). The van der Waals surface area contributed by atoms with Crippen molar-refractivity contribution in [2.24, 2.45) is 0 Å². The Balaban J connectivity index is 1.65. The lowest BCUT2D eigenvalue weighted by Gasteiger charge is -2.33. The number of nitrogens with zero attached hydrogens (tertiary/aromatic N) is 1. The van der Waals surface area contributed by atoms with E-state index >= 15 is 0 Å². The van der Waals surface area contributed by atoms with Gasteiger partial charge in [0.25, 0.3) is 5.91 Å². The molecule has 30 heavy (non-hydrogen) atoms. The summed E-state index contributed by atoms with van der Waals surface area (Å²) in [5, 5.41) is 5.94. The minimum atomic E-state index is -0.118. The van der Waals surface area contributed by atoms with Crippen molar-refractivity contribution >= 4 is 11.9 Å². The molecular formula is C24H31N3O3. The number of likely N-dealkylation sites (tertiary alicyclic amines) is 1. The minimum Gasteiger partial charge on any atom is -0.496 e. The highest BCUT2D eigenvalue weighted by molar-refractivity contribution is 5.94. The third-order valence-electron chi connectivity index (χ3n) is 5.37. The van der Waals surface area contributed by atoms with Crippen LogP contribution in [0.15, 0.2) is 48.5 Å². The van der Waals surface area contributed by atoms with Crippen LogP contribution >= 0.6 is 0 Å². The zero-order valence-corrected chi connectivity index (χ0v) is 18.0. The Hall–Kier alpha value is -3.02. The van der Waals surface area contributed by atoms with Crippen LogP contribution in [0.1, 0.15) is 54.1 Å². The summed E-state index contributed by atoms with van der Waals surface area (Å²) in [6.45, 7) is 5.78. The maximum absolute atomic E-state index is 12.7. The molecule has 1 heterocycles. The molecule has 6 heteroatoms. The number of carbonyl (C=O) groups is 2. The van der Waals surface area contributed by atoms with Crippen molar-refractivity contribution in [2.75, 3.05) is 20.2 Å². The fourth-order valence-electron chi connectivity index (χ4n) is 3.83. The minimum absolute atomic E-state index is 0.0135. The molecule has 1 aliphatic heterocycles. The third kappa shape index (κ3) is 5.53. The molecule has 0 saturated carbocycles. The number of piperidine rings is 1. The second-order valence-electron chi connectivity index (χ2n) is 8.01. The summed E-state index contributed by atoms with van der Waals surface area (Å²) < 4.78 is 5.35. The van der Waals surface area contributed by atoms with Gasteiger partial charge in [0.1, 0.15) is 5.75 Å². The molecule has 160 valence electrons. The molecule has 0 spiro atoms. The van der Waals surface area contributed by atoms with Gasteiger partial charge in [0.2, 0.25) is 0 Å². The molecule has 2 aromatic rings. The van der Waals surface area contributed by atoms with Crippen molar-refractivity contribution in [1.82, 2.24) is 15.5 Å². The second kappa shape index (κ2) is 10.1. The van der Waals surface area contributed by atoms with Crippen LogP contribution in [-0.2, 0) is 6.54 Å². The Morgan fingerprint density at radius 2 is 1.97 bits per heavy atom. The van der Waals surface area contributed by atoms with Gasteiger partial charge >= 0.3 is 6.03 Å². The number of methoxy groups -OCH3 is 1. The van der Waals surface area contributed by atoms with E-state index in [0.29, 0.717) is 18.7 Å². The van der Waals surface area contributed by atoms with Crippen LogP contribution in [0.25, 0.3) is 0 Å². The van der Waals surface area contributed by atoms with E-state index in [1.807, 2.05) is 67.3 Å². The first kappa shape index (κ1) is 21.7. The topological polar surface area (TPSA) is 70.7 Å². The Morgan fingerprint density at radius 3 is 2.73 bits per heavy atom. The molecule has 0 bridgehead atoms. The number of para-hydroxylation sites is 1. The van der Waals surface area contributed by atoms with E-state index in [2.05, 4.69) is 10.6 Å². The molecular weight excluding hydrogens is 378 g/mol. The molecule has 0 aromatic heterocycles. The van der Waals surface area contributed by atoms with Gasteiger partial charge in [0, 0.05) is 42.7 Å². The molecule has 6 nitrogen and oxygen atoms in total. The largest absolute Gasteiger partial charge is 0.496 e. The molecule has 1 aliphatic rings. The van der Waals surface area contributed by atoms with Gasteiger partial charge in [-0.15, -0.1) is 0 Å². The molecule has 0 aliphatic carbocycles. The lowest BCUT2D eigenvalue weighted by molar-refractivity contribution is 0.0950. The van der Waals surface area contributed by atoms with Gasteiger partial charge in [-0.1, -0.05) is 30.3 Å². The van der Waals surface area contributed by atoms with Crippen molar-refractivity contribution in [2.45, 2.75) is 45.2 Å². The molecule has 0 radical (unpaired) electrons. The normalized spacial score (nSPS) is 16.3. The van der Waals surface area contributed by atoms with E-state index in [-0.39, 0.29) is 23.9 Å². The highest BCUT2D eigenvalue weighted by Crippen LogP contribution is 2.27. The number of nitrogens with one attached hydrogen (secondary N) is 2. The number of benzene rings is 2. The fraction of sp³-hybridized carbons (Fsp3) is 0.417. The van der Waals surface area contributed by atoms with E-state index < -0.39 is 0 Å². The van der Waals surface area contributed by atoms with Crippen LogP contribution in [0.5, 0.6) is 5.75 Å². The first-order valence-electron chi connectivity index (χ1n) is 10.5. The maximum atomic E-state index is 12.7. The van der Waals surface area contributed by atoms with Crippen LogP contribution in [0, 0.1) is 0 Å². The number of carbonyl (C=O) groups excluding carboxylic acids is 2. The molecule has 3 amide bonds. The van der Waals surface area contributed by atoms with Gasteiger partial charge in [-0.05, 0) is 50.5 Å². The van der Waals surface area contributed by atoms with Gasteiger partial charge in [-0.25, -0.2) is 4.79 Å². The predicted molar refractivity (Wildman–Crippen MR) is 118 cm³/mol. The van der Waals surface area contributed by atoms with Gasteiger partial charge in [-0.2, -0.15) is 0 Å². The van der Waals surface area contributed by atoms with Crippen molar-refractivity contribution < 1.29 is 14.3 Å². The number of hydrogen-bond acceptors (Lipinski definition) is 3. The Morgan fingerprint density at radius 1 is 1.17 bits per heavy atom. The third-order valence-corrected chi connectivity index (χ3v) is 5.37. The van der Waals surface area contributed by atoms with Crippen molar-refractivity contribution in [1.29, 1.82) is 0 Å². The fourth-order valence-corrected chi connectivity index (χ4v) is 3.83. The predicted octanol–water partition coefficient (Wildman–Crippen LogP) is 3.92. The summed E-state index contributed by atoms with van der Waals surface area (Å²) in [6, 6.07) is 15.5. The quantitative estimate of drug-likeness (QED) is 0.760. The highest BCUT2D eigenvalue weighted by Gasteiger charge is 2.25. The van der Waals surface area contributed by atoms with Crippen molar-refractivity contribution in [3.8, 4) is 5.75 Å². The number of amides is 3. The van der Waals surface area contributed by atoms with Gasteiger partial charge < -0.3 is 20.3 Å². The Bertz CT molecular complexity index is 882. The molecule has 2 aromatic carbocycles. The zero-order chi connectivity index (χ0) is 21.5. The summed E-state index contributed by atoms with van der Waals surface area (Å²) in [5.41, 5.74) is 2.66. The number of hydrogen-bond donors (Lipinski definition) is 2. The number of rotatable bonds is 6. The van der Waals surface area contributed by atoms with Crippen LogP contribution in [0.2, 0.25) is 0 Å². The molecule has 2 N–H and O–H groups in total. The van der Waals surface area contributed by atoms with Gasteiger partial charge in [-0.3, -0.25) is 4.79 Å². The smallest absolute Gasteiger partial charge is 0.317 e. The van der Waals surface area contributed by atoms with E-state index in [4.69, 9.17) is 4.74 Å². The first-order valence-corrected chi connectivity index (χ1v) is 10.5. The Kier molecular flexibility index (Phi) is 7.33. The SMILES string of the molecule is COc1ccccc1CNC(=O)c1cccc(C2CCCN(C(=O)NC(C)C)C2)c1. The van der Waals surface area contributed by atoms with E-state index in [1.165, 1.54) is 0 Å². The summed E-state index contributed by atoms with van der Waals surface area (Å²) in [6.07, 6.45) is 1.97. The first-order chi connectivity index (χ1) is 14.5. The molecule has 1 unspecified atom stereocenters. The average Bonchev–Trinajstić information content (AvgIpc) is 2.77. The molecule has 1 fully saturated rings.